The fraction of sp³-hybridized carbons (Fsp3) is 0.256. The van der Waals surface area contributed by atoms with E-state index in [1.807, 2.05) is 60.7 Å². The molecule has 4 aromatic carbocycles. The first kappa shape index (κ1) is 52.8. The number of hydrogen-bond donors (Lipinski definition) is 6. The second-order valence-electron chi connectivity index (χ2n) is 13.6. The van der Waals surface area contributed by atoms with E-state index in [-0.39, 0.29) is 105 Å². The third-order valence-electron chi connectivity index (χ3n) is 9.09. The molecule has 0 aliphatic rings. The smallest absolute Gasteiger partial charge is 0.395 e. The maximum Gasteiger partial charge on any atom is 1.00 e. The van der Waals surface area contributed by atoms with Crippen molar-refractivity contribution in [1.29, 1.82) is 0 Å². The Morgan fingerprint density at radius 2 is 1.09 bits per heavy atom. The van der Waals surface area contributed by atoms with E-state index >= 15 is 0 Å². The normalized spacial score (nSPS) is 11.0. The molecule has 0 fully saturated rings. The molecule has 20 nitrogen and oxygen atoms in total. The standard InChI is InChI=1S/C43H47N10O7S.Na.O3S/c1-60-61(58,59)37-30-36(45-41-47-39(29-33-10-6-3-7-11-33)49-43(51-41)53(22-26-56)23-27-57)19-16-34(37)15-12-31-13-17-35(18-14-31)44-40-46-38(28-32-8-4-2-5-9-32)48-42(50-40)52(20-24-54)21-25-55;;1-4(2)3/h2-13,15-19,30,54-57H,20-29H2,1H3,(H,44,46,48,50)(H,45,47,49,51);;/q-1;+1;/b15-12+;;. The fourth-order valence-corrected chi connectivity index (χ4v) is 7.02. The zero-order chi connectivity index (χ0) is 46.6. The second kappa shape index (κ2) is 27.0. The second-order valence-corrected chi connectivity index (χ2v) is 15.7. The van der Waals surface area contributed by atoms with E-state index in [2.05, 4.69) is 46.6 Å². The molecule has 0 bridgehead atoms. The molecule has 0 saturated heterocycles. The number of nitrogens with one attached hydrogen (secondary N) is 2. The Morgan fingerprint density at radius 3 is 1.52 bits per heavy atom. The van der Waals surface area contributed by atoms with Crippen LogP contribution in [0.3, 0.4) is 0 Å². The molecule has 66 heavy (non-hydrogen) atoms. The number of aliphatic hydroxyl groups excluding tert-OH is 4. The number of hydrogen-bond acceptors (Lipinski definition) is 20. The van der Waals surface area contributed by atoms with Crippen LogP contribution in [-0.2, 0) is 37.8 Å². The Bertz CT molecular complexity index is 2690. The molecule has 0 aliphatic heterocycles. The topological polar surface area (TPSA) is 283 Å². The van der Waals surface area contributed by atoms with Gasteiger partial charge in [-0.15, -0.1) is 43.0 Å². The van der Waals surface area contributed by atoms with E-state index in [4.69, 9.17) is 16.8 Å². The summed E-state index contributed by atoms with van der Waals surface area (Å²) in [6.45, 7) is 0.123. The van der Waals surface area contributed by atoms with Crippen LogP contribution in [-0.4, -0.2) is 131 Å². The van der Waals surface area contributed by atoms with Crippen molar-refractivity contribution < 1.29 is 75.2 Å². The minimum atomic E-state index is -4.19. The summed E-state index contributed by atoms with van der Waals surface area (Å²) in [5.74, 6) is 1.88. The molecule has 2 heterocycles. The molecule has 23 heteroatoms. The van der Waals surface area contributed by atoms with Crippen LogP contribution >= 0.6 is 0 Å². The molecule has 0 saturated carbocycles. The van der Waals surface area contributed by atoms with Gasteiger partial charge >= 0.3 is 40.2 Å². The number of nitrogens with zero attached hydrogens (tertiary/aromatic N) is 8. The first-order valence-electron chi connectivity index (χ1n) is 19.9. The molecule has 0 atom stereocenters. The average Bonchev–Trinajstić information content (AvgIpc) is 3.29. The van der Waals surface area contributed by atoms with Gasteiger partial charge in [-0.3, -0.25) is 4.18 Å². The van der Waals surface area contributed by atoms with E-state index in [0.29, 0.717) is 52.9 Å². The van der Waals surface area contributed by atoms with E-state index in [1.54, 1.807) is 52.3 Å². The molecular weight excluding hydrogens is 904 g/mol. The van der Waals surface area contributed by atoms with E-state index < -0.39 is 20.7 Å². The maximum absolute atomic E-state index is 13.2. The average molecular weight is 951 g/mol. The van der Waals surface area contributed by atoms with Crippen LogP contribution in [0.25, 0.3) is 12.2 Å². The van der Waals surface area contributed by atoms with Crippen molar-refractivity contribution in [3.63, 3.8) is 0 Å². The third-order valence-corrected chi connectivity index (χ3v) is 10.4. The van der Waals surface area contributed by atoms with Crippen molar-refractivity contribution >= 4 is 68.0 Å². The molecule has 0 aliphatic carbocycles. The van der Waals surface area contributed by atoms with Crippen LogP contribution in [0, 0.1) is 6.07 Å². The predicted octanol–water partition coefficient (Wildman–Crippen LogP) is -0.387. The van der Waals surface area contributed by atoms with Crippen molar-refractivity contribution in [3.8, 4) is 0 Å². The number of anilines is 6. The van der Waals surface area contributed by atoms with Crippen molar-refractivity contribution in [3.05, 3.63) is 137 Å². The van der Waals surface area contributed by atoms with Gasteiger partial charge in [0.1, 0.15) is 16.5 Å². The Balaban J connectivity index is 0.00000183. The predicted molar refractivity (Wildman–Crippen MR) is 242 cm³/mol. The molecule has 6 aromatic rings. The van der Waals surface area contributed by atoms with E-state index in [1.165, 1.54) is 6.07 Å². The molecule has 6 rings (SSSR count). The first-order chi connectivity index (χ1) is 31.4. The van der Waals surface area contributed by atoms with Gasteiger partial charge in [-0.1, -0.05) is 72.8 Å². The molecule has 6 N–H and O–H groups in total. The largest absolute Gasteiger partial charge is 1.00 e. The van der Waals surface area contributed by atoms with Crippen LogP contribution in [0.4, 0.5) is 35.2 Å². The summed E-state index contributed by atoms with van der Waals surface area (Å²) in [6, 6.07) is 32.6. The van der Waals surface area contributed by atoms with Gasteiger partial charge in [0.2, 0.25) is 23.8 Å². The monoisotopic (exact) mass is 950 g/mol. The van der Waals surface area contributed by atoms with Gasteiger partial charge in [0.15, 0.2) is 0 Å². The number of aromatic nitrogens is 6. The third kappa shape index (κ3) is 16.6. The molecule has 0 amide bonds. The minimum absolute atomic E-state index is 0. The van der Waals surface area contributed by atoms with Crippen LogP contribution < -0.4 is 50.0 Å². The van der Waals surface area contributed by atoms with Gasteiger partial charge in [-0.25, -0.2) is 0 Å². The molecular formula is C43H47N10NaO10S2. The van der Waals surface area contributed by atoms with Crippen LogP contribution in [0.15, 0.2) is 102 Å². The van der Waals surface area contributed by atoms with Crippen LogP contribution in [0.2, 0.25) is 0 Å². The van der Waals surface area contributed by atoms with E-state index in [0.717, 1.165) is 18.2 Å². The van der Waals surface area contributed by atoms with Gasteiger partial charge in [-0.05, 0) is 34.5 Å². The Labute approximate surface area is 405 Å². The van der Waals surface area contributed by atoms with Crippen LogP contribution in [0.1, 0.15) is 33.9 Å². The van der Waals surface area contributed by atoms with Gasteiger partial charge in [-0.2, -0.15) is 43.9 Å². The van der Waals surface area contributed by atoms with Crippen molar-refractivity contribution in [2.75, 3.05) is 80.1 Å². The van der Waals surface area contributed by atoms with E-state index in [9.17, 15) is 28.8 Å². The van der Waals surface area contributed by atoms with Crippen molar-refractivity contribution in [2.45, 2.75) is 17.7 Å². The summed E-state index contributed by atoms with van der Waals surface area (Å²) in [5, 5.41) is 44.9. The Hall–Kier alpha value is -5.79. The van der Waals surface area contributed by atoms with Gasteiger partial charge < -0.3 is 40.9 Å². The summed E-state index contributed by atoms with van der Waals surface area (Å²) in [5.41, 5.74) is 3.94. The zero-order valence-corrected chi connectivity index (χ0v) is 39.7. The quantitative estimate of drug-likeness (QED) is 0.0219. The fourth-order valence-electron chi connectivity index (χ4n) is 6.14. The first-order valence-corrected chi connectivity index (χ1v) is 22.3. The number of benzene rings is 4. The zero-order valence-electron chi connectivity index (χ0n) is 36.1. The van der Waals surface area contributed by atoms with Gasteiger partial charge in [0.05, 0.1) is 33.5 Å². The summed E-state index contributed by atoms with van der Waals surface area (Å²) >= 11 is 0. The SMILES string of the molecule is COS(=O)(=O)c1cc(Nc2nc(Cc3ccccc3)nc(N(CCO)CCO)n2)ccc1/C=C/c1[c-]cc(Nc2nc(Cc3ccccc3)nc(N(CCO)CCO)n2)cc1.O=S(=O)=O.[Na+]. The molecule has 0 spiro atoms. The van der Waals surface area contributed by atoms with Gasteiger partial charge in [0, 0.05) is 44.7 Å². The van der Waals surface area contributed by atoms with Crippen molar-refractivity contribution in [1.82, 2.24) is 29.9 Å². The summed E-state index contributed by atoms with van der Waals surface area (Å²) < 4.78 is 56.7. The number of aliphatic hydroxyl groups is 4. The Morgan fingerprint density at radius 1 is 0.636 bits per heavy atom. The van der Waals surface area contributed by atoms with Gasteiger partial charge in [0.25, 0.3) is 10.1 Å². The Kier molecular flexibility index (Phi) is 21.6. The molecule has 0 radical (unpaired) electrons. The summed E-state index contributed by atoms with van der Waals surface area (Å²) in [4.78, 5) is 30.7. The maximum atomic E-state index is 13.2. The minimum Gasteiger partial charge on any atom is -0.395 e. The summed E-state index contributed by atoms with van der Waals surface area (Å²) in [7, 11) is -6.22. The molecule has 0 unspecified atom stereocenters. The summed E-state index contributed by atoms with van der Waals surface area (Å²) in [6.07, 6.45) is 4.17. The van der Waals surface area contributed by atoms with Crippen molar-refractivity contribution in [2.24, 2.45) is 0 Å². The molecule has 342 valence electrons. The number of rotatable bonds is 22. The van der Waals surface area contributed by atoms with Crippen LogP contribution in [0.5, 0.6) is 0 Å². The molecule has 2 aromatic heterocycles.